The van der Waals surface area contributed by atoms with Gasteiger partial charge in [-0.05, 0) is 13.8 Å². The number of carboxylic acids is 2. The monoisotopic (exact) mass is 415 g/mol. The van der Waals surface area contributed by atoms with Crippen LogP contribution in [-0.2, 0) is 28.9 Å². The number of nitrogens with two attached hydrogens (primary N) is 1. The van der Waals surface area contributed by atoms with Crippen LogP contribution < -0.4 is 11.1 Å². The minimum absolute atomic E-state index is 0.0361. The molecule has 1 atom stereocenters. The van der Waals surface area contributed by atoms with Gasteiger partial charge in [-0.1, -0.05) is 5.16 Å². The van der Waals surface area contributed by atoms with Gasteiger partial charge in [0.05, 0.1) is 5.54 Å². The van der Waals surface area contributed by atoms with E-state index in [0.29, 0.717) is 0 Å². The Morgan fingerprint density at radius 3 is 2.50 bits per heavy atom. The number of rotatable bonds is 9. The first-order valence-electron chi connectivity index (χ1n) is 7.66. The fraction of sp³-hybridized carbons (Fsp3) is 0.429. The van der Waals surface area contributed by atoms with Crippen LogP contribution in [0.15, 0.2) is 10.5 Å². The molecule has 0 spiro atoms. The Morgan fingerprint density at radius 1 is 1.36 bits per heavy atom. The molecule has 152 valence electrons. The zero-order chi connectivity index (χ0) is 21.1. The maximum atomic E-state index is 12.6. The van der Waals surface area contributed by atoms with Crippen molar-refractivity contribution in [3.8, 4) is 0 Å². The number of amides is 2. The van der Waals surface area contributed by atoms with Crippen LogP contribution in [0.4, 0.5) is 5.13 Å². The first kappa shape index (κ1) is 21.0. The van der Waals surface area contributed by atoms with Crippen molar-refractivity contribution in [2.75, 3.05) is 18.9 Å². The SMILES string of the molecule is CC1(C)[C@H](NC(=O)/C(=N\OCC(=O)O)c2csc(N)n2)C(=O)N1OCC(=O)O. The Morgan fingerprint density at radius 2 is 2.00 bits per heavy atom. The number of aromatic nitrogens is 1. The second-order valence-electron chi connectivity index (χ2n) is 6.04. The number of nitrogen functional groups attached to an aromatic ring is 1. The van der Waals surface area contributed by atoms with Crippen molar-refractivity contribution in [3.05, 3.63) is 11.1 Å². The van der Waals surface area contributed by atoms with Gasteiger partial charge in [-0.3, -0.25) is 14.4 Å². The molecule has 0 aliphatic carbocycles. The van der Waals surface area contributed by atoms with Crippen molar-refractivity contribution in [2.24, 2.45) is 5.16 Å². The van der Waals surface area contributed by atoms with Crippen molar-refractivity contribution in [3.63, 3.8) is 0 Å². The fourth-order valence-electron chi connectivity index (χ4n) is 2.30. The lowest BCUT2D eigenvalue weighted by atomic mass is 9.84. The number of β-lactam (4-membered cyclic amide) rings is 1. The molecule has 14 heteroatoms. The molecule has 1 aromatic heterocycles. The standard InChI is InChI=1S/C14H17N5O8S/c1-14(2)10(12(25)19(14)27-4-8(22)23)17-11(24)9(18-26-3-7(20)21)6-5-28-13(15)16-6/h5,10H,3-4H2,1-2H3,(H2,15,16)(H,17,24)(H,20,21)(H,22,23)/b18-9-/t10-/m1/s1. The normalized spacial score (nSPS) is 18.4. The van der Waals surface area contributed by atoms with E-state index in [1.165, 1.54) is 5.38 Å². The van der Waals surface area contributed by atoms with E-state index < -0.39 is 48.5 Å². The maximum Gasteiger partial charge on any atom is 0.344 e. The molecule has 2 amide bonds. The molecule has 1 fully saturated rings. The number of anilines is 1. The molecule has 0 saturated carbocycles. The molecule has 5 N–H and O–H groups in total. The van der Waals surface area contributed by atoms with Crippen molar-refractivity contribution in [2.45, 2.75) is 25.4 Å². The van der Waals surface area contributed by atoms with Gasteiger partial charge >= 0.3 is 11.9 Å². The Bertz CT molecular complexity index is 835. The molecule has 1 aromatic rings. The molecule has 2 rings (SSSR count). The lowest BCUT2D eigenvalue weighted by Crippen LogP contribution is -2.76. The average molecular weight is 415 g/mol. The molecule has 0 unspecified atom stereocenters. The van der Waals surface area contributed by atoms with Gasteiger partial charge in [0.2, 0.25) is 6.61 Å². The highest BCUT2D eigenvalue weighted by atomic mass is 32.1. The molecule has 2 heterocycles. The summed E-state index contributed by atoms with van der Waals surface area (Å²) in [5.41, 5.74) is 4.15. The number of thiazole rings is 1. The van der Waals surface area contributed by atoms with Gasteiger partial charge in [0, 0.05) is 5.38 Å². The zero-order valence-corrected chi connectivity index (χ0v) is 15.6. The molecule has 1 aliphatic heterocycles. The van der Waals surface area contributed by atoms with E-state index in [1.807, 2.05) is 0 Å². The number of oxime groups is 1. The number of carboxylic acid groups (broad SMARTS) is 2. The van der Waals surface area contributed by atoms with Gasteiger partial charge in [-0.15, -0.1) is 11.3 Å². The minimum atomic E-state index is -1.30. The van der Waals surface area contributed by atoms with E-state index in [9.17, 15) is 19.2 Å². The van der Waals surface area contributed by atoms with E-state index in [2.05, 4.69) is 20.3 Å². The summed E-state index contributed by atoms with van der Waals surface area (Å²) < 4.78 is 0. The molecule has 1 saturated heterocycles. The highest BCUT2D eigenvalue weighted by Gasteiger charge is 2.56. The van der Waals surface area contributed by atoms with E-state index in [-0.39, 0.29) is 16.5 Å². The van der Waals surface area contributed by atoms with Crippen LogP contribution in [0, 0.1) is 0 Å². The van der Waals surface area contributed by atoms with Gasteiger partial charge in [-0.25, -0.2) is 19.6 Å². The summed E-state index contributed by atoms with van der Waals surface area (Å²) in [6, 6.07) is -1.05. The van der Waals surface area contributed by atoms with Crippen LogP contribution in [0.1, 0.15) is 19.5 Å². The highest BCUT2D eigenvalue weighted by molar-refractivity contribution is 7.13. The van der Waals surface area contributed by atoms with Crippen molar-refractivity contribution < 1.29 is 39.1 Å². The molecular formula is C14H17N5O8S. The Labute approximate surface area is 161 Å². The molecule has 0 aromatic carbocycles. The molecule has 0 radical (unpaired) electrons. The lowest BCUT2D eigenvalue weighted by molar-refractivity contribution is -0.257. The van der Waals surface area contributed by atoms with Crippen LogP contribution in [0.5, 0.6) is 0 Å². The van der Waals surface area contributed by atoms with E-state index in [0.717, 1.165) is 16.4 Å². The van der Waals surface area contributed by atoms with E-state index in [4.69, 9.17) is 20.8 Å². The zero-order valence-electron chi connectivity index (χ0n) is 14.7. The third-order valence-electron chi connectivity index (χ3n) is 3.59. The summed E-state index contributed by atoms with van der Waals surface area (Å²) in [4.78, 5) is 59.4. The summed E-state index contributed by atoms with van der Waals surface area (Å²) in [7, 11) is 0. The second-order valence-corrected chi connectivity index (χ2v) is 6.93. The van der Waals surface area contributed by atoms with Crippen molar-refractivity contribution in [1.82, 2.24) is 15.4 Å². The summed E-state index contributed by atoms with van der Waals surface area (Å²) in [6.07, 6.45) is 0. The average Bonchev–Trinajstić information content (AvgIpc) is 3.01. The fourth-order valence-corrected chi connectivity index (χ4v) is 2.84. The largest absolute Gasteiger partial charge is 0.479 e. The highest BCUT2D eigenvalue weighted by Crippen LogP contribution is 2.32. The molecule has 28 heavy (non-hydrogen) atoms. The molecule has 13 nitrogen and oxygen atoms in total. The minimum Gasteiger partial charge on any atom is -0.479 e. The third kappa shape index (κ3) is 4.52. The smallest absolute Gasteiger partial charge is 0.344 e. The topological polar surface area (TPSA) is 194 Å². The number of carbonyl (C=O) groups excluding carboxylic acids is 2. The Balaban J connectivity index is 2.14. The van der Waals surface area contributed by atoms with Gasteiger partial charge < -0.3 is 26.1 Å². The molecule has 1 aliphatic rings. The summed E-state index contributed by atoms with van der Waals surface area (Å²) >= 11 is 1.02. The number of hydrogen-bond acceptors (Lipinski definition) is 10. The van der Waals surface area contributed by atoms with Crippen LogP contribution in [0.25, 0.3) is 0 Å². The number of carbonyl (C=O) groups is 4. The van der Waals surface area contributed by atoms with Crippen molar-refractivity contribution >= 4 is 45.9 Å². The first-order chi connectivity index (χ1) is 13.0. The quantitative estimate of drug-likeness (QED) is 0.213. The van der Waals surface area contributed by atoms with Crippen LogP contribution in [-0.4, -0.2) is 74.5 Å². The van der Waals surface area contributed by atoms with Crippen LogP contribution >= 0.6 is 11.3 Å². The summed E-state index contributed by atoms with van der Waals surface area (Å²) in [5.74, 6) is -4.09. The summed E-state index contributed by atoms with van der Waals surface area (Å²) in [6.45, 7) is 1.60. The van der Waals surface area contributed by atoms with Crippen molar-refractivity contribution in [1.29, 1.82) is 0 Å². The number of nitrogens with one attached hydrogen (secondary N) is 1. The van der Waals surface area contributed by atoms with Crippen LogP contribution in [0.3, 0.4) is 0 Å². The van der Waals surface area contributed by atoms with Gasteiger partial charge in [0.1, 0.15) is 11.7 Å². The van der Waals surface area contributed by atoms with E-state index in [1.54, 1.807) is 13.8 Å². The predicted molar refractivity (Wildman–Crippen MR) is 93.1 cm³/mol. The molecule has 0 bridgehead atoms. The van der Waals surface area contributed by atoms with Gasteiger partial charge in [0.15, 0.2) is 17.5 Å². The number of hydroxylamine groups is 2. The summed E-state index contributed by atoms with van der Waals surface area (Å²) in [5, 5.41) is 25.6. The van der Waals surface area contributed by atoms with Crippen LogP contribution in [0.2, 0.25) is 0 Å². The van der Waals surface area contributed by atoms with Gasteiger partial charge in [0.25, 0.3) is 11.8 Å². The second kappa shape index (κ2) is 8.18. The third-order valence-corrected chi connectivity index (χ3v) is 4.27. The Hall–Kier alpha value is -3.26. The number of aliphatic carboxylic acids is 2. The number of hydrogen-bond donors (Lipinski definition) is 4. The van der Waals surface area contributed by atoms with E-state index >= 15 is 0 Å². The Kier molecular flexibility index (Phi) is 6.15. The first-order valence-corrected chi connectivity index (χ1v) is 8.54. The maximum absolute atomic E-state index is 12.6. The lowest BCUT2D eigenvalue weighted by Gasteiger charge is -2.51. The van der Waals surface area contributed by atoms with Gasteiger partial charge in [-0.2, -0.15) is 0 Å². The predicted octanol–water partition coefficient (Wildman–Crippen LogP) is -1.35. The number of nitrogens with zero attached hydrogens (tertiary/aromatic N) is 3. The molecular weight excluding hydrogens is 398 g/mol.